The van der Waals surface area contributed by atoms with Gasteiger partial charge in [0.1, 0.15) is 0 Å². The molecule has 3 heterocycles. The van der Waals surface area contributed by atoms with Gasteiger partial charge in [0.2, 0.25) is 5.95 Å². The number of piperidine rings is 1. The van der Waals surface area contributed by atoms with E-state index in [4.69, 9.17) is 0 Å². The van der Waals surface area contributed by atoms with Crippen LogP contribution in [0.15, 0.2) is 21.2 Å². The van der Waals surface area contributed by atoms with Gasteiger partial charge in [-0.15, -0.1) is 0 Å². The molecule has 11 heteroatoms. The van der Waals surface area contributed by atoms with Gasteiger partial charge in [-0.2, -0.15) is 4.98 Å². The molecule has 0 radical (unpaired) electrons. The topological polar surface area (TPSA) is 120 Å². The number of aromatic nitrogens is 4. The van der Waals surface area contributed by atoms with Gasteiger partial charge in [-0.05, 0) is 26.7 Å². The van der Waals surface area contributed by atoms with Crippen molar-refractivity contribution in [1.82, 2.24) is 24.0 Å². The number of anilines is 1. The van der Waals surface area contributed by atoms with Crippen molar-refractivity contribution in [2.45, 2.75) is 39.3 Å². The molecule has 1 N–H and O–H groups in total. The lowest BCUT2D eigenvalue weighted by Gasteiger charge is -2.33. The molecule has 1 atom stereocenters. The number of rotatable bonds is 4. The molecule has 0 spiro atoms. The fraction of sp³-hybridized carbons (Fsp3) is 0.550. The summed E-state index contributed by atoms with van der Waals surface area (Å²) in [5.41, 5.74) is 0.879. The summed E-state index contributed by atoms with van der Waals surface area (Å²) in [5, 5.41) is 2.69. The molecule has 31 heavy (non-hydrogen) atoms. The third-order valence-corrected chi connectivity index (χ3v) is 5.42. The Bertz CT molecular complexity index is 1170. The van der Waals surface area contributed by atoms with Gasteiger partial charge in [0.15, 0.2) is 11.2 Å². The summed E-state index contributed by atoms with van der Waals surface area (Å²) in [4.78, 5) is 55.3. The molecule has 0 saturated carbocycles. The third kappa shape index (κ3) is 4.25. The van der Waals surface area contributed by atoms with Gasteiger partial charge in [0.25, 0.3) is 5.56 Å². The zero-order valence-corrected chi connectivity index (χ0v) is 18.5. The molecule has 2 aromatic heterocycles. The Balaban J connectivity index is 2.06. The summed E-state index contributed by atoms with van der Waals surface area (Å²) in [6, 6.07) is -0.274. The number of nitrogens with zero attached hydrogens (tertiary/aromatic N) is 5. The van der Waals surface area contributed by atoms with E-state index in [0.717, 1.165) is 23.7 Å². The smallest absolute Gasteiger partial charge is 0.396 e. The van der Waals surface area contributed by atoms with E-state index < -0.39 is 23.1 Å². The first kappa shape index (κ1) is 22.3. The number of fused-ring (bicyclic) bond motifs is 1. The van der Waals surface area contributed by atoms with Crippen LogP contribution in [0.4, 0.5) is 5.95 Å². The molecule has 1 aliphatic heterocycles. The highest BCUT2D eigenvalue weighted by Crippen LogP contribution is 2.23. The summed E-state index contributed by atoms with van der Waals surface area (Å²) in [6.45, 7) is 5.42. The Morgan fingerprint density at radius 2 is 1.94 bits per heavy atom. The van der Waals surface area contributed by atoms with Crippen LogP contribution in [0.5, 0.6) is 0 Å². The van der Waals surface area contributed by atoms with E-state index in [-0.39, 0.29) is 6.04 Å². The lowest BCUT2D eigenvalue weighted by atomic mass is 10.1. The number of amides is 1. The Hall–Kier alpha value is -3.37. The van der Waals surface area contributed by atoms with Crippen molar-refractivity contribution in [1.29, 1.82) is 0 Å². The Labute approximate surface area is 178 Å². The van der Waals surface area contributed by atoms with Gasteiger partial charge in [-0.1, -0.05) is 11.6 Å². The number of allylic oxidation sites excluding steroid dienone is 2. The zero-order chi connectivity index (χ0) is 22.9. The van der Waals surface area contributed by atoms with Crippen LogP contribution in [-0.2, 0) is 35.0 Å². The number of carbonyl (C=O) groups excluding carboxylic acids is 2. The second-order valence-corrected chi connectivity index (χ2v) is 7.93. The maximum Gasteiger partial charge on any atom is 0.396 e. The highest BCUT2D eigenvalue weighted by molar-refractivity contribution is 6.32. The lowest BCUT2D eigenvalue weighted by molar-refractivity contribution is -0.153. The van der Waals surface area contributed by atoms with Crippen molar-refractivity contribution in [3.8, 4) is 0 Å². The van der Waals surface area contributed by atoms with Crippen LogP contribution in [0.3, 0.4) is 0 Å². The van der Waals surface area contributed by atoms with Crippen molar-refractivity contribution in [2.75, 3.05) is 25.1 Å². The molecule has 0 bridgehead atoms. The molecule has 1 amide bonds. The molecule has 1 aliphatic rings. The number of methoxy groups -OCH3 is 1. The minimum Gasteiger partial charge on any atom is -0.462 e. The first-order chi connectivity index (χ1) is 14.6. The number of hydrogen-bond acceptors (Lipinski definition) is 7. The molecule has 1 fully saturated rings. The number of imidazole rings is 1. The Morgan fingerprint density at radius 1 is 1.23 bits per heavy atom. The first-order valence-corrected chi connectivity index (χ1v) is 10.1. The molecule has 1 saturated heterocycles. The summed E-state index contributed by atoms with van der Waals surface area (Å²) in [6.07, 6.45) is 3.44. The summed E-state index contributed by atoms with van der Waals surface area (Å²) in [5.74, 6) is -1.18. The molecule has 0 aliphatic carbocycles. The molecular formula is C20H28N6O5. The minimum atomic E-state index is -0.939. The maximum absolute atomic E-state index is 12.9. The summed E-state index contributed by atoms with van der Waals surface area (Å²) < 4.78 is 8.70. The van der Waals surface area contributed by atoms with Crippen LogP contribution in [0.25, 0.3) is 11.2 Å². The molecule has 0 aromatic carbocycles. The average Bonchev–Trinajstić information content (AvgIpc) is 3.14. The molecule has 3 rings (SSSR count). The number of aryl methyl sites for hydroxylation is 1. The van der Waals surface area contributed by atoms with Gasteiger partial charge >= 0.3 is 17.6 Å². The second kappa shape index (κ2) is 8.78. The molecular weight excluding hydrogens is 404 g/mol. The first-order valence-electron chi connectivity index (χ1n) is 10.1. The quantitative estimate of drug-likeness (QED) is 0.399. The van der Waals surface area contributed by atoms with Gasteiger partial charge in [0.05, 0.1) is 7.11 Å². The van der Waals surface area contributed by atoms with E-state index in [0.29, 0.717) is 43.2 Å². The second-order valence-electron chi connectivity index (χ2n) is 7.93. The fourth-order valence-electron chi connectivity index (χ4n) is 3.74. The van der Waals surface area contributed by atoms with Crippen LogP contribution in [0, 0.1) is 0 Å². The van der Waals surface area contributed by atoms with E-state index in [1.54, 1.807) is 11.6 Å². The maximum atomic E-state index is 12.9. The molecule has 11 nitrogen and oxygen atoms in total. The number of hydrogen-bond donors (Lipinski definition) is 1. The standard InChI is InChI=1S/C20H28N6O5/c1-12(2)8-10-26-14-15(23(3)20(30)24(4)17(14)28)22-19(26)25-9-6-7-13(11-25)21-16(27)18(29)31-5/h8,13H,6-7,9-11H2,1-5H3,(H,21,27). The van der Waals surface area contributed by atoms with Crippen molar-refractivity contribution >= 4 is 29.0 Å². The van der Waals surface area contributed by atoms with Crippen molar-refractivity contribution in [3.05, 3.63) is 32.5 Å². The van der Waals surface area contributed by atoms with Crippen LogP contribution in [0.2, 0.25) is 0 Å². The monoisotopic (exact) mass is 432 g/mol. The van der Waals surface area contributed by atoms with Gasteiger partial charge in [-0.3, -0.25) is 18.7 Å². The Morgan fingerprint density at radius 3 is 2.58 bits per heavy atom. The van der Waals surface area contributed by atoms with Gasteiger partial charge in [0, 0.05) is 39.8 Å². The van der Waals surface area contributed by atoms with Crippen LogP contribution >= 0.6 is 0 Å². The fourth-order valence-corrected chi connectivity index (χ4v) is 3.74. The molecule has 2 aromatic rings. The van der Waals surface area contributed by atoms with Gasteiger partial charge in [-0.25, -0.2) is 9.59 Å². The SMILES string of the molecule is COC(=O)C(=O)NC1CCCN(c2nc3c(c(=O)n(C)c(=O)n3C)n2CC=C(C)C)C1. The van der Waals surface area contributed by atoms with E-state index in [1.807, 2.05) is 24.8 Å². The number of esters is 1. The van der Waals surface area contributed by atoms with E-state index in [2.05, 4.69) is 15.0 Å². The highest BCUT2D eigenvalue weighted by Gasteiger charge is 2.28. The normalized spacial score (nSPS) is 16.3. The molecule has 168 valence electrons. The van der Waals surface area contributed by atoms with Crippen LogP contribution < -0.4 is 21.5 Å². The van der Waals surface area contributed by atoms with Crippen LogP contribution in [0.1, 0.15) is 26.7 Å². The number of nitrogens with one attached hydrogen (secondary N) is 1. The Kier molecular flexibility index (Phi) is 6.32. The minimum absolute atomic E-state index is 0.274. The summed E-state index contributed by atoms with van der Waals surface area (Å²) >= 11 is 0. The lowest BCUT2D eigenvalue weighted by Crippen LogP contribution is -2.50. The van der Waals surface area contributed by atoms with Gasteiger partial charge < -0.3 is 19.5 Å². The average molecular weight is 432 g/mol. The number of carbonyl (C=O) groups is 2. The third-order valence-electron chi connectivity index (χ3n) is 5.42. The predicted molar refractivity (Wildman–Crippen MR) is 115 cm³/mol. The number of ether oxygens (including phenoxy) is 1. The van der Waals surface area contributed by atoms with Crippen molar-refractivity contribution in [3.63, 3.8) is 0 Å². The van der Waals surface area contributed by atoms with E-state index >= 15 is 0 Å². The largest absolute Gasteiger partial charge is 0.462 e. The van der Waals surface area contributed by atoms with Crippen molar-refractivity contribution < 1.29 is 14.3 Å². The summed E-state index contributed by atoms with van der Waals surface area (Å²) in [7, 11) is 4.19. The van der Waals surface area contributed by atoms with E-state index in [1.165, 1.54) is 11.6 Å². The van der Waals surface area contributed by atoms with E-state index in [9.17, 15) is 19.2 Å². The van der Waals surface area contributed by atoms with Crippen LogP contribution in [-0.4, -0.2) is 56.8 Å². The van der Waals surface area contributed by atoms with Crippen molar-refractivity contribution in [2.24, 2.45) is 14.1 Å². The molecule has 1 unspecified atom stereocenters. The zero-order valence-electron chi connectivity index (χ0n) is 18.5. The predicted octanol–water partition coefficient (Wildman–Crippen LogP) is -0.342. The highest BCUT2D eigenvalue weighted by atomic mass is 16.5.